The number of rotatable bonds is 4. The Kier molecular flexibility index (Phi) is 4.48. The van der Waals surface area contributed by atoms with Crippen LogP contribution in [0.1, 0.15) is 31.7 Å². The van der Waals surface area contributed by atoms with E-state index in [-0.39, 0.29) is 0 Å². The van der Waals surface area contributed by atoms with E-state index in [4.69, 9.17) is 10.8 Å². The largest absolute Gasteiger partial charge is 0.480 e. The monoisotopic (exact) mass is 270 g/mol. The zero-order valence-electron chi connectivity index (χ0n) is 10.6. The first kappa shape index (κ1) is 14.7. The summed E-state index contributed by atoms with van der Waals surface area (Å²) in [5.74, 6) is -1.53. The van der Waals surface area contributed by atoms with Gasteiger partial charge in [0, 0.05) is 4.88 Å². The number of carbonyl (C=O) groups excluding carboxylic acids is 1. The molecule has 2 unspecified atom stereocenters. The standard InChI is InChI=1S/C12H18N2O3S/c1-12(2,3)9(11(16)17)14-10(15)8(13)7-5-4-6-18-7/h4-6,8-9H,13H2,1-3H3,(H,14,15)(H,16,17). The lowest BCUT2D eigenvalue weighted by atomic mass is 9.86. The molecule has 0 saturated carbocycles. The Hall–Kier alpha value is -1.40. The zero-order chi connectivity index (χ0) is 13.9. The molecule has 100 valence electrons. The summed E-state index contributed by atoms with van der Waals surface area (Å²) in [4.78, 5) is 23.8. The van der Waals surface area contributed by atoms with Crippen LogP contribution >= 0.6 is 11.3 Å². The summed E-state index contributed by atoms with van der Waals surface area (Å²) < 4.78 is 0. The van der Waals surface area contributed by atoms with Crippen LogP contribution in [-0.2, 0) is 9.59 Å². The Labute approximate surface area is 110 Å². The predicted octanol–water partition coefficient (Wildman–Crippen LogP) is 1.36. The molecule has 0 aliphatic heterocycles. The molecule has 18 heavy (non-hydrogen) atoms. The minimum absolute atomic E-state index is 0.472. The highest BCUT2D eigenvalue weighted by Gasteiger charge is 2.34. The maximum Gasteiger partial charge on any atom is 0.326 e. The smallest absolute Gasteiger partial charge is 0.326 e. The van der Waals surface area contributed by atoms with Crippen molar-refractivity contribution in [1.82, 2.24) is 5.32 Å². The molecule has 4 N–H and O–H groups in total. The molecule has 1 heterocycles. The molecule has 0 saturated heterocycles. The molecule has 0 spiro atoms. The molecule has 5 nitrogen and oxygen atoms in total. The Morgan fingerprint density at radius 3 is 2.44 bits per heavy atom. The van der Waals surface area contributed by atoms with Crippen molar-refractivity contribution in [3.05, 3.63) is 22.4 Å². The molecule has 0 fully saturated rings. The van der Waals surface area contributed by atoms with Gasteiger partial charge in [0.25, 0.3) is 0 Å². The molecule has 1 amide bonds. The Bertz CT molecular complexity index is 423. The van der Waals surface area contributed by atoms with Crippen LogP contribution in [0.25, 0.3) is 0 Å². The average molecular weight is 270 g/mol. The van der Waals surface area contributed by atoms with Gasteiger partial charge in [-0.05, 0) is 16.9 Å². The van der Waals surface area contributed by atoms with Gasteiger partial charge in [-0.2, -0.15) is 0 Å². The van der Waals surface area contributed by atoms with Crippen molar-refractivity contribution < 1.29 is 14.7 Å². The molecule has 0 radical (unpaired) electrons. The normalized spacial score (nSPS) is 14.9. The number of nitrogens with one attached hydrogen (secondary N) is 1. The molecule has 6 heteroatoms. The fourth-order valence-electron chi connectivity index (χ4n) is 1.48. The van der Waals surface area contributed by atoms with Gasteiger partial charge in [0.15, 0.2) is 0 Å². The third kappa shape index (κ3) is 3.54. The summed E-state index contributed by atoms with van der Waals surface area (Å²) in [6.07, 6.45) is 0. The molecule has 0 aromatic carbocycles. The summed E-state index contributed by atoms with van der Waals surface area (Å²) in [5.41, 5.74) is 5.21. The zero-order valence-corrected chi connectivity index (χ0v) is 11.5. The molecular weight excluding hydrogens is 252 g/mol. The molecule has 0 aliphatic rings. The topological polar surface area (TPSA) is 92.4 Å². The summed E-state index contributed by atoms with van der Waals surface area (Å²) >= 11 is 1.37. The van der Waals surface area contributed by atoms with Crippen molar-refractivity contribution >= 4 is 23.2 Å². The van der Waals surface area contributed by atoms with Crippen LogP contribution in [0, 0.1) is 5.41 Å². The van der Waals surface area contributed by atoms with Crippen LogP contribution in [0.2, 0.25) is 0 Å². The van der Waals surface area contributed by atoms with Gasteiger partial charge >= 0.3 is 5.97 Å². The second kappa shape index (κ2) is 5.49. The van der Waals surface area contributed by atoms with E-state index in [2.05, 4.69) is 5.32 Å². The molecular formula is C12H18N2O3S. The van der Waals surface area contributed by atoms with E-state index < -0.39 is 29.4 Å². The van der Waals surface area contributed by atoms with E-state index in [1.54, 1.807) is 32.9 Å². The number of hydrogen-bond donors (Lipinski definition) is 3. The van der Waals surface area contributed by atoms with Gasteiger partial charge in [-0.3, -0.25) is 4.79 Å². The number of aliphatic carboxylic acids is 1. The molecule has 2 atom stereocenters. The van der Waals surface area contributed by atoms with Gasteiger partial charge in [-0.25, -0.2) is 4.79 Å². The van der Waals surface area contributed by atoms with Crippen LogP contribution in [0.4, 0.5) is 0 Å². The van der Waals surface area contributed by atoms with E-state index in [1.807, 2.05) is 5.38 Å². The molecule has 0 aliphatic carbocycles. The van der Waals surface area contributed by atoms with E-state index in [0.29, 0.717) is 4.88 Å². The molecule has 1 rings (SSSR count). The lowest BCUT2D eigenvalue weighted by Crippen LogP contribution is -2.51. The second-order valence-corrected chi connectivity index (χ2v) is 6.12. The fraction of sp³-hybridized carbons (Fsp3) is 0.500. The highest BCUT2D eigenvalue weighted by atomic mass is 32.1. The first-order valence-electron chi connectivity index (χ1n) is 5.55. The van der Waals surface area contributed by atoms with Crippen molar-refractivity contribution in [2.24, 2.45) is 11.1 Å². The Morgan fingerprint density at radius 2 is 2.06 bits per heavy atom. The van der Waals surface area contributed by atoms with Gasteiger partial charge < -0.3 is 16.2 Å². The van der Waals surface area contributed by atoms with Crippen molar-refractivity contribution in [2.45, 2.75) is 32.9 Å². The molecule has 1 aromatic rings. The number of carbonyl (C=O) groups is 2. The van der Waals surface area contributed by atoms with Gasteiger partial charge in [0.05, 0.1) is 0 Å². The lowest BCUT2D eigenvalue weighted by molar-refractivity contribution is -0.145. The van der Waals surface area contributed by atoms with E-state index >= 15 is 0 Å². The fourth-order valence-corrected chi connectivity index (χ4v) is 2.20. The van der Waals surface area contributed by atoms with Crippen LogP contribution in [0.15, 0.2) is 17.5 Å². The molecule has 0 bridgehead atoms. The first-order valence-corrected chi connectivity index (χ1v) is 6.43. The third-order valence-corrected chi connectivity index (χ3v) is 3.49. The maximum atomic E-state index is 11.9. The Balaban J connectivity index is 2.77. The van der Waals surface area contributed by atoms with Crippen molar-refractivity contribution in [3.63, 3.8) is 0 Å². The van der Waals surface area contributed by atoms with Gasteiger partial charge in [-0.1, -0.05) is 26.8 Å². The summed E-state index contributed by atoms with van der Waals surface area (Å²) in [6.45, 7) is 5.26. The lowest BCUT2D eigenvalue weighted by Gasteiger charge is -2.28. The van der Waals surface area contributed by atoms with Crippen molar-refractivity contribution in [2.75, 3.05) is 0 Å². The van der Waals surface area contributed by atoms with Crippen molar-refractivity contribution in [1.29, 1.82) is 0 Å². The average Bonchev–Trinajstić information content (AvgIpc) is 2.75. The minimum atomic E-state index is -1.06. The van der Waals surface area contributed by atoms with E-state index in [1.165, 1.54) is 11.3 Å². The number of nitrogens with two attached hydrogens (primary N) is 1. The van der Waals surface area contributed by atoms with Gasteiger partial charge in [0.2, 0.25) is 5.91 Å². The van der Waals surface area contributed by atoms with Crippen LogP contribution < -0.4 is 11.1 Å². The number of hydrogen-bond acceptors (Lipinski definition) is 4. The Morgan fingerprint density at radius 1 is 1.44 bits per heavy atom. The van der Waals surface area contributed by atoms with Crippen LogP contribution in [0.5, 0.6) is 0 Å². The summed E-state index contributed by atoms with van der Waals surface area (Å²) in [7, 11) is 0. The van der Waals surface area contributed by atoms with Crippen LogP contribution in [-0.4, -0.2) is 23.0 Å². The second-order valence-electron chi connectivity index (χ2n) is 5.14. The number of amides is 1. The van der Waals surface area contributed by atoms with E-state index in [0.717, 1.165) is 0 Å². The van der Waals surface area contributed by atoms with Crippen molar-refractivity contribution in [3.8, 4) is 0 Å². The van der Waals surface area contributed by atoms with Crippen LogP contribution in [0.3, 0.4) is 0 Å². The SMILES string of the molecule is CC(C)(C)C(NC(=O)C(N)c1cccs1)C(=O)O. The summed E-state index contributed by atoms with van der Waals surface area (Å²) in [5, 5.41) is 13.4. The van der Waals surface area contributed by atoms with Gasteiger partial charge in [0.1, 0.15) is 12.1 Å². The first-order chi connectivity index (χ1) is 8.23. The summed E-state index contributed by atoms with van der Waals surface area (Å²) in [6, 6.07) is 1.76. The minimum Gasteiger partial charge on any atom is -0.480 e. The third-order valence-electron chi connectivity index (χ3n) is 2.53. The number of carboxylic acids is 1. The molecule has 1 aromatic heterocycles. The van der Waals surface area contributed by atoms with E-state index in [9.17, 15) is 9.59 Å². The van der Waals surface area contributed by atoms with Gasteiger partial charge in [-0.15, -0.1) is 11.3 Å². The highest BCUT2D eigenvalue weighted by Crippen LogP contribution is 2.21. The number of thiophene rings is 1. The highest BCUT2D eigenvalue weighted by molar-refractivity contribution is 7.10. The number of carboxylic acid groups (broad SMARTS) is 1. The quantitative estimate of drug-likeness (QED) is 0.770. The maximum absolute atomic E-state index is 11.9. The predicted molar refractivity (Wildman–Crippen MR) is 70.3 cm³/mol.